The molecule has 1 atom stereocenters. The van der Waals surface area contributed by atoms with Crippen LogP contribution in [0.1, 0.15) is 91.4 Å². The van der Waals surface area contributed by atoms with Crippen molar-refractivity contribution in [2.75, 3.05) is 13.2 Å². The van der Waals surface area contributed by atoms with Crippen LogP contribution in [0, 0.1) is 5.41 Å². The summed E-state index contributed by atoms with van der Waals surface area (Å²) in [6.45, 7) is 7.96. The molecule has 1 unspecified atom stereocenters. The number of rotatable bonds is 14. The minimum absolute atomic E-state index is 0.200. The first-order valence-corrected chi connectivity index (χ1v) is 10.2. The van der Waals surface area contributed by atoms with Gasteiger partial charge in [0.25, 0.3) is 0 Å². The van der Waals surface area contributed by atoms with E-state index in [-0.39, 0.29) is 5.41 Å². The van der Waals surface area contributed by atoms with E-state index >= 15 is 0 Å². The van der Waals surface area contributed by atoms with E-state index in [0.29, 0.717) is 0 Å². The third-order valence-corrected chi connectivity index (χ3v) is 5.69. The molecule has 0 radical (unpaired) electrons. The Labute approximate surface area is 153 Å². The Bertz CT molecular complexity index is 253. The highest BCUT2D eigenvalue weighted by Crippen LogP contribution is 2.53. The normalized spacial score (nSPS) is 15.0. The lowest BCUT2D eigenvalue weighted by Crippen LogP contribution is -2.36. The molecule has 0 heterocycles. The number of hydrogen-bond donors (Lipinski definition) is 0. The summed E-state index contributed by atoms with van der Waals surface area (Å²) < 4.78 is 4.28. The third kappa shape index (κ3) is 9.21. The van der Waals surface area contributed by atoms with Crippen LogP contribution in [-0.2, 0) is 4.74 Å². The first-order chi connectivity index (χ1) is 10.4. The summed E-state index contributed by atoms with van der Waals surface area (Å²) >= 11 is 19.2. The molecule has 0 aliphatic carbocycles. The molecule has 0 aliphatic heterocycles. The van der Waals surface area contributed by atoms with Crippen LogP contribution in [0.2, 0.25) is 0 Å². The van der Waals surface area contributed by atoms with E-state index < -0.39 is 3.79 Å². The largest absolute Gasteiger partial charge is 0.382 e. The maximum atomic E-state index is 6.40. The van der Waals surface area contributed by atoms with Gasteiger partial charge in [-0.05, 0) is 32.6 Å². The van der Waals surface area contributed by atoms with Gasteiger partial charge in [0.15, 0.2) is 3.79 Å². The summed E-state index contributed by atoms with van der Waals surface area (Å²) in [5.74, 6) is 0. The van der Waals surface area contributed by atoms with Crippen LogP contribution in [0.25, 0.3) is 0 Å². The van der Waals surface area contributed by atoms with Gasteiger partial charge >= 0.3 is 0 Å². The SMILES string of the molecule is CCCCCCCCC(CCC)(CCCOCC)C(Cl)(Cl)Cl. The smallest absolute Gasteiger partial charge is 0.196 e. The van der Waals surface area contributed by atoms with Gasteiger partial charge in [0.1, 0.15) is 0 Å². The molecule has 0 aliphatic rings. The van der Waals surface area contributed by atoms with Crippen LogP contribution in [0.15, 0.2) is 0 Å². The maximum Gasteiger partial charge on any atom is 0.196 e. The second kappa shape index (κ2) is 13.2. The van der Waals surface area contributed by atoms with Gasteiger partial charge in [0.05, 0.1) is 0 Å². The Morgan fingerprint density at radius 1 is 0.682 bits per heavy atom. The maximum absolute atomic E-state index is 6.40. The number of ether oxygens (including phenoxy) is 1. The molecule has 4 heteroatoms. The molecule has 0 saturated carbocycles. The Kier molecular flexibility index (Phi) is 13.7. The van der Waals surface area contributed by atoms with Crippen molar-refractivity contribution in [3.05, 3.63) is 0 Å². The summed E-state index contributed by atoms with van der Waals surface area (Å²) in [4.78, 5) is 0. The highest BCUT2D eigenvalue weighted by atomic mass is 35.6. The minimum atomic E-state index is -1.18. The fourth-order valence-corrected chi connectivity index (χ4v) is 4.03. The van der Waals surface area contributed by atoms with Gasteiger partial charge in [-0.1, -0.05) is 93.6 Å². The predicted octanol–water partition coefficient (Wildman–Crippen LogP) is 7.71. The fraction of sp³-hybridized carbons (Fsp3) is 1.00. The standard InChI is InChI=1S/C18H35Cl3O/c1-4-7-8-9-10-11-14-17(13-5-2,18(19,20)21)15-12-16-22-6-3/h4-16H2,1-3H3. The molecule has 0 bridgehead atoms. The van der Waals surface area contributed by atoms with E-state index in [1.807, 2.05) is 6.92 Å². The zero-order valence-corrected chi connectivity index (χ0v) is 17.0. The summed E-state index contributed by atoms with van der Waals surface area (Å²) in [7, 11) is 0. The highest BCUT2D eigenvalue weighted by Gasteiger charge is 2.46. The third-order valence-electron chi connectivity index (χ3n) is 4.49. The zero-order chi connectivity index (χ0) is 16.9. The van der Waals surface area contributed by atoms with Crippen molar-refractivity contribution < 1.29 is 4.74 Å². The summed E-state index contributed by atoms with van der Waals surface area (Å²) in [5, 5.41) is 0. The highest BCUT2D eigenvalue weighted by molar-refractivity contribution is 6.68. The lowest BCUT2D eigenvalue weighted by Gasteiger charge is -2.40. The van der Waals surface area contributed by atoms with Gasteiger partial charge in [-0.15, -0.1) is 0 Å². The van der Waals surface area contributed by atoms with E-state index in [0.717, 1.165) is 51.7 Å². The molecule has 0 amide bonds. The zero-order valence-electron chi connectivity index (χ0n) is 14.7. The Hall–Kier alpha value is 0.830. The topological polar surface area (TPSA) is 9.23 Å². The van der Waals surface area contributed by atoms with Crippen molar-refractivity contribution in [1.29, 1.82) is 0 Å². The van der Waals surface area contributed by atoms with E-state index in [9.17, 15) is 0 Å². The average molecular weight is 374 g/mol. The van der Waals surface area contributed by atoms with Gasteiger partial charge in [-0.2, -0.15) is 0 Å². The number of halogens is 3. The first-order valence-electron chi connectivity index (χ1n) is 9.08. The van der Waals surface area contributed by atoms with Crippen LogP contribution in [0.4, 0.5) is 0 Å². The van der Waals surface area contributed by atoms with Crippen molar-refractivity contribution in [2.24, 2.45) is 5.41 Å². The minimum Gasteiger partial charge on any atom is -0.382 e. The van der Waals surface area contributed by atoms with Crippen LogP contribution in [0.5, 0.6) is 0 Å². The second-order valence-electron chi connectivity index (χ2n) is 6.35. The van der Waals surface area contributed by atoms with Gasteiger partial charge < -0.3 is 4.74 Å². The van der Waals surface area contributed by atoms with Gasteiger partial charge in [-0.25, -0.2) is 0 Å². The molecule has 1 nitrogen and oxygen atoms in total. The molecule has 0 N–H and O–H groups in total. The van der Waals surface area contributed by atoms with Crippen molar-refractivity contribution in [2.45, 2.75) is 95.2 Å². The Morgan fingerprint density at radius 3 is 1.82 bits per heavy atom. The summed E-state index contributed by atoms with van der Waals surface area (Å²) in [6, 6.07) is 0. The van der Waals surface area contributed by atoms with Crippen LogP contribution >= 0.6 is 34.8 Å². The molecule has 0 saturated heterocycles. The number of hydrogen-bond acceptors (Lipinski definition) is 1. The monoisotopic (exact) mass is 372 g/mol. The molecule has 0 aromatic carbocycles. The number of alkyl halides is 3. The molecule has 0 rings (SSSR count). The van der Waals surface area contributed by atoms with Crippen molar-refractivity contribution >= 4 is 34.8 Å². The molecule has 22 heavy (non-hydrogen) atoms. The first kappa shape index (κ1) is 22.8. The van der Waals surface area contributed by atoms with Crippen LogP contribution < -0.4 is 0 Å². The molecular weight excluding hydrogens is 339 g/mol. The lowest BCUT2D eigenvalue weighted by atomic mass is 9.76. The Balaban J connectivity index is 4.47. The quantitative estimate of drug-likeness (QED) is 0.224. The van der Waals surface area contributed by atoms with E-state index in [2.05, 4.69) is 13.8 Å². The number of unbranched alkanes of at least 4 members (excludes halogenated alkanes) is 5. The molecule has 0 spiro atoms. The van der Waals surface area contributed by atoms with E-state index in [1.54, 1.807) is 0 Å². The molecule has 0 fully saturated rings. The lowest BCUT2D eigenvalue weighted by molar-refractivity contribution is 0.120. The average Bonchev–Trinajstić information content (AvgIpc) is 2.45. The van der Waals surface area contributed by atoms with Gasteiger partial charge in [0.2, 0.25) is 0 Å². The van der Waals surface area contributed by atoms with Crippen LogP contribution in [0.3, 0.4) is 0 Å². The van der Waals surface area contributed by atoms with Crippen molar-refractivity contribution in [3.63, 3.8) is 0 Å². The molecular formula is C18H35Cl3O. The predicted molar refractivity (Wildman–Crippen MR) is 101 cm³/mol. The van der Waals surface area contributed by atoms with Crippen LogP contribution in [-0.4, -0.2) is 17.0 Å². The molecule has 0 aromatic rings. The molecule has 134 valence electrons. The summed E-state index contributed by atoms with van der Waals surface area (Å²) in [6.07, 6.45) is 12.6. The van der Waals surface area contributed by atoms with Crippen molar-refractivity contribution in [1.82, 2.24) is 0 Å². The Morgan fingerprint density at radius 2 is 1.27 bits per heavy atom. The van der Waals surface area contributed by atoms with Gasteiger partial charge in [0, 0.05) is 18.6 Å². The second-order valence-corrected chi connectivity index (χ2v) is 8.63. The molecule has 0 aromatic heterocycles. The summed E-state index contributed by atoms with van der Waals surface area (Å²) in [5.41, 5.74) is -0.200. The van der Waals surface area contributed by atoms with E-state index in [4.69, 9.17) is 39.5 Å². The fourth-order valence-electron chi connectivity index (χ4n) is 3.18. The van der Waals surface area contributed by atoms with Gasteiger partial charge in [-0.3, -0.25) is 0 Å². The van der Waals surface area contributed by atoms with E-state index in [1.165, 1.54) is 32.1 Å². The van der Waals surface area contributed by atoms with Crippen molar-refractivity contribution in [3.8, 4) is 0 Å².